The van der Waals surface area contributed by atoms with Gasteiger partial charge in [-0.25, -0.2) is 0 Å². The van der Waals surface area contributed by atoms with E-state index in [1.165, 1.54) is 0 Å². The second-order valence-corrected chi connectivity index (χ2v) is 0. The summed E-state index contributed by atoms with van der Waals surface area (Å²) in [6, 6.07) is 0. The minimum absolute atomic E-state index is 0. The van der Waals surface area contributed by atoms with E-state index in [1.807, 2.05) is 0 Å². The van der Waals surface area contributed by atoms with E-state index in [1.54, 1.807) is 0 Å². The summed E-state index contributed by atoms with van der Waals surface area (Å²) in [5, 5.41) is 0. The summed E-state index contributed by atoms with van der Waals surface area (Å²) < 4.78 is 0. The fourth-order valence-corrected chi connectivity index (χ4v) is 0. The van der Waals surface area contributed by atoms with Crippen molar-refractivity contribution in [2.45, 2.75) is 0 Å². The van der Waals surface area contributed by atoms with E-state index < -0.39 is 0 Å². The summed E-state index contributed by atoms with van der Waals surface area (Å²) in [6.45, 7) is 0. The summed E-state index contributed by atoms with van der Waals surface area (Å²) >= 11 is 0. The summed E-state index contributed by atoms with van der Waals surface area (Å²) in [7, 11) is 0. The summed E-state index contributed by atoms with van der Waals surface area (Å²) in [6.07, 6.45) is 0. The SMILES string of the molecule is F.F.F.F.[Lu].[NaH]. The molecule has 0 spiro atoms. The minimum atomic E-state index is 0. The van der Waals surface area contributed by atoms with Gasteiger partial charge < -0.3 is 0 Å². The zero-order chi connectivity index (χ0) is 0. The molecule has 6 heavy (non-hydrogen) atoms. The zero-order valence-corrected chi connectivity index (χ0v) is 3.55. The maximum atomic E-state index is 0. The van der Waals surface area contributed by atoms with E-state index in [-0.39, 0.29) is 85.2 Å². The van der Waals surface area contributed by atoms with Gasteiger partial charge in [0.15, 0.2) is 0 Å². The van der Waals surface area contributed by atoms with E-state index in [0.29, 0.717) is 0 Å². The van der Waals surface area contributed by atoms with Crippen molar-refractivity contribution >= 4 is 29.6 Å². The Bertz CT molecular complexity index is 7.51. The topological polar surface area (TPSA) is 0 Å². The van der Waals surface area contributed by atoms with Gasteiger partial charge >= 0.3 is 29.6 Å². The van der Waals surface area contributed by atoms with Crippen molar-refractivity contribution in [3.05, 3.63) is 0 Å². The molecule has 0 aliphatic carbocycles. The van der Waals surface area contributed by atoms with Gasteiger partial charge in [0, 0.05) is 36.9 Å². The molecule has 0 unspecified atom stereocenters. The van der Waals surface area contributed by atoms with Gasteiger partial charge in [0.1, 0.15) is 0 Å². The predicted molar refractivity (Wildman–Crippen MR) is 17.2 cm³/mol. The van der Waals surface area contributed by atoms with Gasteiger partial charge in [-0.15, -0.1) is 0 Å². The van der Waals surface area contributed by atoms with E-state index in [9.17, 15) is 0 Å². The molecule has 0 N–H and O–H groups in total. The van der Waals surface area contributed by atoms with Crippen molar-refractivity contribution < 1.29 is 55.7 Å². The van der Waals surface area contributed by atoms with Crippen molar-refractivity contribution in [1.82, 2.24) is 0 Å². The Balaban J connectivity index is 0. The van der Waals surface area contributed by atoms with Crippen LogP contribution in [0.25, 0.3) is 0 Å². The summed E-state index contributed by atoms with van der Waals surface area (Å²) in [5.41, 5.74) is 0. The fourth-order valence-electron chi connectivity index (χ4n) is 0. The van der Waals surface area contributed by atoms with Crippen LogP contribution in [0.15, 0.2) is 0 Å². The van der Waals surface area contributed by atoms with Gasteiger partial charge in [-0.2, -0.15) is 0 Å². The molecule has 0 bridgehead atoms. The van der Waals surface area contributed by atoms with Crippen LogP contribution in [0.3, 0.4) is 0 Å². The monoisotopic (exact) mass is 279 g/mol. The van der Waals surface area contributed by atoms with Crippen LogP contribution in [0, 0.1) is 36.9 Å². The third-order valence-electron chi connectivity index (χ3n) is 0. The molecule has 0 aromatic rings. The first-order valence-electron chi connectivity index (χ1n) is 0. The van der Waals surface area contributed by atoms with Crippen molar-refractivity contribution in [2.24, 2.45) is 0 Å². The molecule has 0 saturated heterocycles. The molecule has 0 nitrogen and oxygen atoms in total. The van der Waals surface area contributed by atoms with Crippen LogP contribution < -0.4 is 0 Å². The second kappa shape index (κ2) is 64.6. The first-order chi connectivity index (χ1) is 0. The Labute approximate surface area is 84.0 Å². The Kier molecular flexibility index (Phi) is 1080. The molecule has 0 amide bonds. The maximum absolute atomic E-state index is 0. The Hall–Kier alpha value is 1.95. The van der Waals surface area contributed by atoms with Crippen LogP contribution in [-0.4, -0.2) is 29.6 Å². The average molecular weight is 279 g/mol. The standard InChI is InChI=1S/4FH.Lu.Na.H/h4*1H;;;. The van der Waals surface area contributed by atoms with Crippen LogP contribution in [0.4, 0.5) is 18.8 Å². The molecule has 0 heterocycles. The third-order valence-corrected chi connectivity index (χ3v) is 0. The molecule has 1 radical (unpaired) electrons. The molecule has 0 aliphatic heterocycles. The van der Waals surface area contributed by atoms with Gasteiger partial charge in [-0.05, 0) is 0 Å². The first-order valence-corrected chi connectivity index (χ1v) is 0. The number of halogens is 4. The van der Waals surface area contributed by atoms with E-state index in [4.69, 9.17) is 0 Å². The predicted octanol–water partition coefficient (Wildman–Crippen LogP) is -0.0385. The molecule has 0 fully saturated rings. The van der Waals surface area contributed by atoms with Crippen LogP contribution in [0.5, 0.6) is 0 Å². The van der Waals surface area contributed by atoms with Crippen LogP contribution in [0.2, 0.25) is 0 Å². The van der Waals surface area contributed by atoms with E-state index >= 15 is 0 Å². The van der Waals surface area contributed by atoms with Gasteiger partial charge in [-0.1, -0.05) is 0 Å². The second-order valence-electron chi connectivity index (χ2n) is 0. The van der Waals surface area contributed by atoms with Crippen LogP contribution in [-0.2, 0) is 0 Å². The Morgan fingerprint density at radius 1 is 0.500 bits per heavy atom. The summed E-state index contributed by atoms with van der Waals surface area (Å²) in [4.78, 5) is 0. The average Bonchev–Trinajstić information content (AvgIpc) is 0. The van der Waals surface area contributed by atoms with Crippen LogP contribution in [0.1, 0.15) is 0 Å². The van der Waals surface area contributed by atoms with Gasteiger partial charge in [0.2, 0.25) is 0 Å². The molecule has 0 rings (SSSR count). The van der Waals surface area contributed by atoms with E-state index in [2.05, 4.69) is 0 Å². The molecule has 0 atom stereocenters. The fraction of sp³-hybridized carbons (Fsp3) is 0. The molecular formula is H5F4LuNa. The van der Waals surface area contributed by atoms with Crippen molar-refractivity contribution in [1.29, 1.82) is 0 Å². The number of hydrogen-bond donors (Lipinski definition) is 0. The van der Waals surface area contributed by atoms with Crippen molar-refractivity contribution in [2.75, 3.05) is 0 Å². The van der Waals surface area contributed by atoms with Gasteiger partial charge in [0.25, 0.3) is 0 Å². The van der Waals surface area contributed by atoms with Crippen molar-refractivity contribution in [3.63, 3.8) is 0 Å². The Morgan fingerprint density at radius 3 is 0.500 bits per heavy atom. The van der Waals surface area contributed by atoms with Gasteiger partial charge in [0.05, 0.1) is 0 Å². The number of rotatable bonds is 0. The molecule has 6 heteroatoms. The quantitative estimate of drug-likeness (QED) is 0.431. The third kappa shape index (κ3) is 38.3. The summed E-state index contributed by atoms with van der Waals surface area (Å²) in [5.74, 6) is 0. The molecule has 0 aromatic carbocycles. The molecule has 0 saturated carbocycles. The Morgan fingerprint density at radius 2 is 0.500 bits per heavy atom. The zero-order valence-electron chi connectivity index (χ0n) is 1.89. The van der Waals surface area contributed by atoms with Crippen LogP contribution >= 0.6 is 0 Å². The molecule has 0 aliphatic rings. The van der Waals surface area contributed by atoms with E-state index in [0.717, 1.165) is 0 Å². The van der Waals surface area contributed by atoms with Gasteiger partial charge in [-0.3, -0.25) is 18.8 Å². The normalized spacial score (nSPS) is 0. The molecule has 49 valence electrons. The molecular weight excluding hydrogens is 274 g/mol. The van der Waals surface area contributed by atoms with Crippen molar-refractivity contribution in [3.8, 4) is 0 Å². The number of hydrogen-bond acceptors (Lipinski definition) is 0. The molecule has 0 aromatic heterocycles. The first kappa shape index (κ1) is 101.